The molecule has 0 spiro atoms. The number of aliphatic hydroxyl groups excluding tert-OH is 1. The molecule has 0 radical (unpaired) electrons. The number of ether oxygens (including phenoxy) is 1. The zero-order valence-electron chi connectivity index (χ0n) is 23.2. The van der Waals surface area contributed by atoms with Crippen LogP contribution >= 0.6 is 19.5 Å². The molecule has 0 aliphatic carbocycles. The summed E-state index contributed by atoms with van der Waals surface area (Å²) < 4.78 is 37.4. The molecule has 1 fully saturated rings. The molecule has 44 heavy (non-hydrogen) atoms. The third kappa shape index (κ3) is 7.29. The molecular weight excluding hydrogens is 617 g/mol. The largest absolute Gasteiger partial charge is 0.459 e. The van der Waals surface area contributed by atoms with E-state index in [9.17, 15) is 29.4 Å². The number of benzene rings is 2. The molecule has 5 rings (SSSR count). The van der Waals surface area contributed by atoms with E-state index < -0.39 is 59.6 Å². The number of nitrogens with two attached hydrogens (primary N) is 1. The first-order valence-corrected chi connectivity index (χ1v) is 15.8. The molecule has 4 aromatic rings. The van der Waals surface area contributed by atoms with Crippen LogP contribution in [-0.2, 0) is 25.2 Å². The van der Waals surface area contributed by atoms with Gasteiger partial charge in [0, 0.05) is 18.0 Å². The Labute approximate surface area is 254 Å². The monoisotopic (exact) mass is 645 g/mol. The molecule has 2 aromatic heterocycles. The number of hydrogen-bond acceptors (Lipinski definition) is 13. The van der Waals surface area contributed by atoms with E-state index in [0.717, 1.165) is 11.5 Å². The molecule has 3 heterocycles. The van der Waals surface area contributed by atoms with Crippen LogP contribution < -0.4 is 21.0 Å². The summed E-state index contributed by atoms with van der Waals surface area (Å²) in [4.78, 5) is 38.9. The molecule has 4 N–H and O–H groups in total. The number of aliphatic hydroxyl groups is 1. The number of fused-ring (bicyclic) bond motifs is 1. The highest BCUT2D eigenvalue weighted by atomic mass is 32.2. The third-order valence-electron chi connectivity index (χ3n) is 6.63. The highest BCUT2D eigenvalue weighted by molar-refractivity contribution is 8.00. The van der Waals surface area contributed by atoms with Gasteiger partial charge in [-0.15, -0.1) is 11.8 Å². The quantitative estimate of drug-likeness (QED) is 0.0867. The Balaban J connectivity index is 1.31. The number of aromatic nitrogens is 2. The number of furan rings is 1. The standard InChI is InChI=1S/C27H28N5O10PS/c1-16(26(34)39-14-18-9-10-24(41-18)32(36)37)30-43(38,42-21-8-4-6-17-5-2-3-7-19(17)21)40-15-22-20(33)13-25(44-22)31-12-11-23(28)29-27(31)35/h2-12,16,20,22,25,33H,13-15H2,1H3,(H,30,38)(H2,28,29,35)/t16-,20+,22?,25+,43?/m0/s1. The van der Waals surface area contributed by atoms with Crippen LogP contribution in [0.5, 0.6) is 5.75 Å². The molecule has 0 bridgehead atoms. The molecule has 17 heteroatoms. The molecule has 0 amide bonds. The van der Waals surface area contributed by atoms with Crippen LogP contribution in [0, 0.1) is 10.1 Å². The summed E-state index contributed by atoms with van der Waals surface area (Å²) in [5.41, 5.74) is 5.01. The summed E-state index contributed by atoms with van der Waals surface area (Å²) >= 11 is 1.23. The minimum atomic E-state index is -4.33. The Morgan fingerprint density at radius 3 is 2.80 bits per heavy atom. The third-order valence-corrected chi connectivity index (χ3v) is 9.80. The van der Waals surface area contributed by atoms with E-state index in [0.29, 0.717) is 5.39 Å². The van der Waals surface area contributed by atoms with Gasteiger partial charge in [0.05, 0.1) is 29.4 Å². The molecule has 2 aromatic carbocycles. The van der Waals surface area contributed by atoms with Crippen LogP contribution in [0.25, 0.3) is 10.8 Å². The van der Waals surface area contributed by atoms with Crippen molar-refractivity contribution in [1.29, 1.82) is 0 Å². The number of anilines is 1. The van der Waals surface area contributed by atoms with Crippen molar-refractivity contribution in [2.45, 2.75) is 42.7 Å². The molecule has 5 atom stereocenters. The van der Waals surface area contributed by atoms with E-state index in [1.54, 1.807) is 24.3 Å². The number of carbonyl (C=O) groups excluding carboxylic acids is 1. The van der Waals surface area contributed by atoms with Crippen LogP contribution in [0.2, 0.25) is 0 Å². The predicted molar refractivity (Wildman–Crippen MR) is 160 cm³/mol. The Kier molecular flexibility index (Phi) is 9.36. The lowest BCUT2D eigenvalue weighted by Crippen LogP contribution is -2.36. The molecule has 0 saturated carbocycles. The highest BCUT2D eigenvalue weighted by Crippen LogP contribution is 2.49. The summed E-state index contributed by atoms with van der Waals surface area (Å²) in [5.74, 6) is -1.03. The molecule has 232 valence electrons. The second kappa shape index (κ2) is 13.2. The molecule has 2 unspecified atom stereocenters. The molecular formula is C27H28N5O10PS. The normalized spacial score (nSPS) is 20.2. The summed E-state index contributed by atoms with van der Waals surface area (Å²) in [6.45, 7) is 0.706. The lowest BCUT2D eigenvalue weighted by Gasteiger charge is -2.25. The Morgan fingerprint density at radius 1 is 1.27 bits per heavy atom. The Morgan fingerprint density at radius 2 is 2.05 bits per heavy atom. The second-order valence-electron chi connectivity index (χ2n) is 9.79. The maximum atomic E-state index is 14.2. The number of nitrogen functional groups attached to an aromatic ring is 1. The lowest BCUT2D eigenvalue weighted by atomic mass is 10.1. The van der Waals surface area contributed by atoms with E-state index in [1.165, 1.54) is 41.6 Å². The van der Waals surface area contributed by atoms with Crippen LogP contribution in [0.1, 0.15) is 24.5 Å². The van der Waals surface area contributed by atoms with Gasteiger partial charge < -0.3 is 24.5 Å². The van der Waals surface area contributed by atoms with Crippen molar-refractivity contribution >= 4 is 48.0 Å². The molecule has 1 aliphatic heterocycles. The first kappa shape index (κ1) is 31.2. The van der Waals surface area contributed by atoms with Gasteiger partial charge in [0.25, 0.3) is 0 Å². The Hall–Kier alpha value is -4.21. The van der Waals surface area contributed by atoms with Crippen LogP contribution in [0.3, 0.4) is 0 Å². The fourth-order valence-electron chi connectivity index (χ4n) is 4.45. The number of nitrogens with one attached hydrogen (secondary N) is 1. The van der Waals surface area contributed by atoms with Crippen LogP contribution in [-0.4, -0.2) is 49.6 Å². The van der Waals surface area contributed by atoms with Gasteiger partial charge in [-0.2, -0.15) is 10.1 Å². The van der Waals surface area contributed by atoms with Gasteiger partial charge in [0.1, 0.15) is 34.9 Å². The minimum Gasteiger partial charge on any atom is -0.456 e. The number of nitro groups is 1. The topological polar surface area (TPSA) is 211 Å². The Bertz CT molecular complexity index is 1780. The van der Waals surface area contributed by atoms with Crippen molar-refractivity contribution in [3.05, 3.63) is 93.2 Å². The number of rotatable bonds is 12. The molecule has 1 aliphatic rings. The van der Waals surface area contributed by atoms with Crippen molar-refractivity contribution in [3.8, 4) is 5.75 Å². The van der Waals surface area contributed by atoms with Crippen molar-refractivity contribution in [2.75, 3.05) is 12.3 Å². The number of esters is 1. The van der Waals surface area contributed by atoms with Gasteiger partial charge in [-0.25, -0.2) is 9.36 Å². The smallest absolute Gasteiger partial charge is 0.456 e. The zero-order chi connectivity index (χ0) is 31.4. The maximum Gasteiger partial charge on any atom is 0.459 e. The average Bonchev–Trinajstić information content (AvgIpc) is 3.62. The van der Waals surface area contributed by atoms with Crippen molar-refractivity contribution in [2.24, 2.45) is 0 Å². The number of carbonyl (C=O) groups is 1. The van der Waals surface area contributed by atoms with Crippen molar-refractivity contribution in [1.82, 2.24) is 14.6 Å². The van der Waals surface area contributed by atoms with E-state index in [2.05, 4.69) is 10.1 Å². The van der Waals surface area contributed by atoms with Gasteiger partial charge in [-0.3, -0.25) is 24.0 Å². The predicted octanol–water partition coefficient (Wildman–Crippen LogP) is 3.77. The average molecular weight is 646 g/mol. The maximum absolute atomic E-state index is 14.2. The van der Waals surface area contributed by atoms with Gasteiger partial charge in [-0.05, 0) is 30.5 Å². The summed E-state index contributed by atoms with van der Waals surface area (Å²) in [7, 11) is -4.33. The summed E-state index contributed by atoms with van der Waals surface area (Å²) in [6.07, 6.45) is 0.753. The van der Waals surface area contributed by atoms with Gasteiger partial charge >= 0.3 is 25.3 Å². The van der Waals surface area contributed by atoms with E-state index in [-0.39, 0.29) is 30.4 Å². The SMILES string of the molecule is C[C@H](NP(=O)(OCC1S[C@@H](n2ccc(N)nc2=O)C[C@H]1O)Oc1cccc2ccccc12)C(=O)OCc1ccc([N+](=O)[O-])o1. The number of thioether (sulfide) groups is 1. The number of nitrogens with zero attached hydrogens (tertiary/aromatic N) is 3. The fraction of sp³-hybridized carbons (Fsp3) is 0.296. The van der Waals surface area contributed by atoms with Crippen LogP contribution in [0.4, 0.5) is 11.7 Å². The number of hydrogen-bond donors (Lipinski definition) is 3. The molecule has 15 nitrogen and oxygen atoms in total. The van der Waals surface area contributed by atoms with Gasteiger partial charge in [-0.1, -0.05) is 36.4 Å². The highest BCUT2D eigenvalue weighted by Gasteiger charge is 2.39. The first-order chi connectivity index (χ1) is 21.0. The first-order valence-electron chi connectivity index (χ1n) is 13.3. The zero-order valence-corrected chi connectivity index (χ0v) is 24.9. The van der Waals surface area contributed by atoms with E-state index in [4.69, 9.17) is 23.9 Å². The lowest BCUT2D eigenvalue weighted by molar-refractivity contribution is -0.402. The summed E-state index contributed by atoms with van der Waals surface area (Å²) in [6, 6.07) is 15.1. The van der Waals surface area contributed by atoms with Crippen molar-refractivity contribution in [3.63, 3.8) is 0 Å². The van der Waals surface area contributed by atoms with E-state index >= 15 is 0 Å². The minimum absolute atomic E-state index is 0.0425. The summed E-state index contributed by atoms with van der Waals surface area (Å²) in [5, 5.41) is 24.5. The van der Waals surface area contributed by atoms with Crippen LogP contribution in [0.15, 0.2) is 76.1 Å². The second-order valence-corrected chi connectivity index (χ2v) is 12.9. The van der Waals surface area contributed by atoms with E-state index in [1.807, 2.05) is 18.2 Å². The fourth-order valence-corrected chi connectivity index (χ4v) is 7.52. The van der Waals surface area contributed by atoms with Gasteiger partial charge in [0.15, 0.2) is 0 Å². The van der Waals surface area contributed by atoms with Gasteiger partial charge in [0.2, 0.25) is 0 Å². The van der Waals surface area contributed by atoms with Crippen molar-refractivity contribution < 1.29 is 37.6 Å². The molecule has 1 saturated heterocycles.